The molecule has 2 saturated heterocycles. The van der Waals surface area contributed by atoms with Crippen LogP contribution in [0.3, 0.4) is 0 Å². The number of nitrogens with one attached hydrogen (secondary N) is 1. The molecule has 1 aromatic heterocycles. The first-order valence-electron chi connectivity index (χ1n) is 10.3. The topological polar surface area (TPSA) is 66.8 Å². The summed E-state index contributed by atoms with van der Waals surface area (Å²) in [7, 11) is 5.68. The van der Waals surface area contributed by atoms with E-state index >= 15 is 0 Å². The zero-order chi connectivity index (χ0) is 19.8. The third-order valence-electron chi connectivity index (χ3n) is 6.40. The molecule has 7 heteroatoms. The van der Waals surface area contributed by atoms with Crippen molar-refractivity contribution >= 4 is 5.91 Å². The Labute approximate surface area is 166 Å². The molecule has 0 saturated carbocycles. The Morgan fingerprint density at radius 2 is 2.07 bits per heavy atom. The van der Waals surface area contributed by atoms with Gasteiger partial charge in [-0.1, -0.05) is 6.07 Å². The molecular weight excluding hydrogens is 356 g/mol. The highest BCUT2D eigenvalue weighted by molar-refractivity contribution is 5.82. The van der Waals surface area contributed by atoms with E-state index in [1.807, 2.05) is 34.5 Å². The monoisotopic (exact) mass is 388 g/mol. The van der Waals surface area contributed by atoms with E-state index in [2.05, 4.69) is 11.4 Å². The summed E-state index contributed by atoms with van der Waals surface area (Å²) in [5.74, 6) is 1.25. The van der Waals surface area contributed by atoms with Crippen molar-refractivity contribution in [3.63, 3.8) is 0 Å². The van der Waals surface area contributed by atoms with Crippen molar-refractivity contribution in [2.45, 2.75) is 37.9 Å². The zero-order valence-corrected chi connectivity index (χ0v) is 17.2. The van der Waals surface area contributed by atoms with E-state index in [1.54, 1.807) is 7.11 Å². The first kappa shape index (κ1) is 19.6. The van der Waals surface area contributed by atoms with Gasteiger partial charge in [-0.15, -0.1) is 0 Å². The van der Waals surface area contributed by atoms with Gasteiger partial charge in [0, 0.05) is 57.0 Å². The number of methoxy groups -OCH3 is 1. The van der Waals surface area contributed by atoms with Crippen LogP contribution in [0.15, 0.2) is 16.9 Å². The third-order valence-corrected chi connectivity index (χ3v) is 6.40. The van der Waals surface area contributed by atoms with Crippen molar-refractivity contribution in [1.29, 1.82) is 0 Å². The summed E-state index contributed by atoms with van der Waals surface area (Å²) in [6.45, 7) is 4.40. The maximum Gasteiger partial charge on any atom is 0.255 e. The highest BCUT2D eigenvalue weighted by Gasteiger charge is 2.40. The molecule has 7 nitrogen and oxygen atoms in total. The van der Waals surface area contributed by atoms with Crippen molar-refractivity contribution in [2.24, 2.45) is 11.8 Å². The number of carbonyl (C=O) groups excluding carboxylic acids is 1. The van der Waals surface area contributed by atoms with Crippen LogP contribution in [0.4, 0.5) is 0 Å². The molecule has 4 rings (SSSR count). The Hall–Kier alpha value is -1.70. The maximum absolute atomic E-state index is 13.1. The van der Waals surface area contributed by atoms with Crippen molar-refractivity contribution in [2.75, 3.05) is 47.4 Å². The summed E-state index contributed by atoms with van der Waals surface area (Å²) >= 11 is 0. The zero-order valence-electron chi connectivity index (χ0n) is 17.2. The molecule has 154 valence electrons. The van der Waals surface area contributed by atoms with Crippen LogP contribution in [0, 0.1) is 11.8 Å². The normalized spacial score (nSPS) is 29.2. The Morgan fingerprint density at radius 1 is 1.25 bits per heavy atom. The van der Waals surface area contributed by atoms with Gasteiger partial charge in [0.2, 0.25) is 5.91 Å². The Balaban J connectivity index is 1.49. The number of aromatic nitrogens is 1. The number of hydrogen-bond donors (Lipinski definition) is 1. The molecule has 3 aliphatic rings. The molecule has 3 aliphatic heterocycles. The van der Waals surface area contributed by atoms with Crippen molar-refractivity contribution in [1.82, 2.24) is 19.7 Å². The van der Waals surface area contributed by atoms with Crippen LogP contribution in [-0.2, 0) is 22.6 Å². The van der Waals surface area contributed by atoms with Crippen LogP contribution in [0.2, 0.25) is 0 Å². The van der Waals surface area contributed by atoms with Gasteiger partial charge in [-0.2, -0.15) is 0 Å². The summed E-state index contributed by atoms with van der Waals surface area (Å²) in [6, 6.07) is 3.99. The SMILES string of the molecule is COC[C@@H]1CN[C@H](C(=O)N2C[C@@H]3C[C@H](C2)c2ccc(CN(C)C)c(=O)n2C3)C1. The number of rotatable bonds is 5. The summed E-state index contributed by atoms with van der Waals surface area (Å²) < 4.78 is 7.22. The van der Waals surface area contributed by atoms with Gasteiger partial charge in [-0.3, -0.25) is 9.59 Å². The number of fused-ring (bicyclic) bond motifs is 4. The Morgan fingerprint density at radius 3 is 2.82 bits per heavy atom. The van der Waals surface area contributed by atoms with E-state index in [-0.39, 0.29) is 23.4 Å². The number of pyridine rings is 1. The number of carbonyl (C=O) groups is 1. The minimum atomic E-state index is -0.0939. The van der Waals surface area contributed by atoms with Crippen molar-refractivity contribution in [3.05, 3.63) is 33.7 Å². The molecule has 28 heavy (non-hydrogen) atoms. The van der Waals surface area contributed by atoms with Gasteiger partial charge in [-0.25, -0.2) is 0 Å². The van der Waals surface area contributed by atoms with Gasteiger partial charge in [0.1, 0.15) is 0 Å². The number of likely N-dealkylation sites (tertiary alicyclic amines) is 1. The summed E-state index contributed by atoms with van der Waals surface area (Å²) in [5, 5.41) is 3.38. The average Bonchev–Trinajstić information content (AvgIpc) is 3.12. The highest BCUT2D eigenvalue weighted by Crippen LogP contribution is 2.35. The Bertz CT molecular complexity index is 790. The predicted octanol–water partition coefficient (Wildman–Crippen LogP) is 0.480. The average molecular weight is 389 g/mol. The largest absolute Gasteiger partial charge is 0.384 e. The number of ether oxygens (including phenoxy) is 1. The minimum absolute atomic E-state index is 0.0939. The third kappa shape index (κ3) is 3.75. The van der Waals surface area contributed by atoms with Gasteiger partial charge in [0.25, 0.3) is 5.56 Å². The summed E-state index contributed by atoms with van der Waals surface area (Å²) in [5.41, 5.74) is 2.08. The van der Waals surface area contributed by atoms with E-state index in [9.17, 15) is 9.59 Å². The van der Waals surface area contributed by atoms with E-state index < -0.39 is 0 Å². The fourth-order valence-electron chi connectivity index (χ4n) is 5.21. The van der Waals surface area contributed by atoms with Crippen LogP contribution < -0.4 is 10.9 Å². The van der Waals surface area contributed by atoms with Crippen molar-refractivity contribution in [3.8, 4) is 0 Å². The second-order valence-electron chi connectivity index (χ2n) is 9.00. The Kier molecular flexibility index (Phi) is 5.58. The van der Waals surface area contributed by atoms with Crippen LogP contribution >= 0.6 is 0 Å². The fourth-order valence-corrected chi connectivity index (χ4v) is 5.21. The van der Waals surface area contributed by atoms with Crippen LogP contribution in [0.5, 0.6) is 0 Å². The lowest BCUT2D eigenvalue weighted by atomic mass is 9.82. The molecule has 2 fully saturated rings. The molecular formula is C21H32N4O3. The lowest BCUT2D eigenvalue weighted by molar-refractivity contribution is -0.135. The lowest BCUT2D eigenvalue weighted by Crippen LogP contribution is -2.53. The molecule has 1 amide bonds. The second-order valence-corrected chi connectivity index (χ2v) is 9.00. The smallest absolute Gasteiger partial charge is 0.255 e. The van der Waals surface area contributed by atoms with Gasteiger partial charge in [-0.05, 0) is 44.8 Å². The number of piperidine rings is 1. The van der Waals surface area contributed by atoms with E-state index in [0.29, 0.717) is 25.0 Å². The molecule has 0 aliphatic carbocycles. The fraction of sp³-hybridized carbons (Fsp3) is 0.714. The molecule has 1 N–H and O–H groups in total. The van der Waals surface area contributed by atoms with Gasteiger partial charge >= 0.3 is 0 Å². The van der Waals surface area contributed by atoms with Crippen LogP contribution in [0.1, 0.15) is 30.0 Å². The van der Waals surface area contributed by atoms with Crippen LogP contribution in [-0.4, -0.2) is 73.8 Å². The number of amides is 1. The van der Waals surface area contributed by atoms with Gasteiger partial charge in [0.15, 0.2) is 0 Å². The van der Waals surface area contributed by atoms with E-state index in [4.69, 9.17) is 4.74 Å². The maximum atomic E-state index is 13.1. The molecule has 1 aromatic rings. The molecule has 0 aromatic carbocycles. The molecule has 0 spiro atoms. The van der Waals surface area contributed by atoms with Crippen molar-refractivity contribution < 1.29 is 9.53 Å². The molecule has 2 bridgehead atoms. The molecule has 4 heterocycles. The highest BCUT2D eigenvalue weighted by atomic mass is 16.5. The minimum Gasteiger partial charge on any atom is -0.384 e. The first-order valence-corrected chi connectivity index (χ1v) is 10.3. The predicted molar refractivity (Wildman–Crippen MR) is 107 cm³/mol. The number of nitrogens with zero attached hydrogens (tertiary/aromatic N) is 3. The van der Waals surface area contributed by atoms with E-state index in [1.165, 1.54) is 0 Å². The van der Waals surface area contributed by atoms with E-state index in [0.717, 1.165) is 50.3 Å². The van der Waals surface area contributed by atoms with Crippen LogP contribution in [0.25, 0.3) is 0 Å². The lowest BCUT2D eigenvalue weighted by Gasteiger charge is -2.43. The second kappa shape index (κ2) is 7.97. The molecule has 0 unspecified atom stereocenters. The quantitative estimate of drug-likeness (QED) is 0.795. The van der Waals surface area contributed by atoms with Gasteiger partial charge in [0.05, 0.1) is 12.6 Å². The standard InChI is InChI=1S/C21H32N4O3/c1-23(2)11-16-4-5-19-17-6-15(10-25(19)20(16)26)9-24(12-17)21(27)18-7-14(8-22-18)13-28-3/h4-5,14-15,17-18,22H,6-13H2,1-3H3/t14-,15-,17+,18-/m0/s1. The number of hydrogen-bond acceptors (Lipinski definition) is 5. The first-order chi connectivity index (χ1) is 13.5. The molecule has 4 atom stereocenters. The molecule has 0 radical (unpaired) electrons. The summed E-state index contributed by atoms with van der Waals surface area (Å²) in [6.07, 6.45) is 1.92. The summed E-state index contributed by atoms with van der Waals surface area (Å²) in [4.78, 5) is 30.1. The van der Waals surface area contributed by atoms with Gasteiger partial charge < -0.3 is 24.4 Å².